The van der Waals surface area contributed by atoms with Gasteiger partial charge in [-0.15, -0.1) is 0 Å². The summed E-state index contributed by atoms with van der Waals surface area (Å²) in [6.45, 7) is 3.24. The smallest absolute Gasteiger partial charge is 0.260 e. The highest BCUT2D eigenvalue weighted by atomic mass is 32.2. The fraction of sp³-hybridized carbons (Fsp3) is 0.263. The summed E-state index contributed by atoms with van der Waals surface area (Å²) < 4.78 is 30.3. The molecule has 1 N–H and O–H groups in total. The third-order valence-electron chi connectivity index (χ3n) is 3.83. The minimum absolute atomic E-state index is 0.359. The molecule has 1 amide bonds. The molecule has 8 heteroatoms. The van der Waals surface area contributed by atoms with Crippen molar-refractivity contribution in [3.05, 3.63) is 59.7 Å². The van der Waals surface area contributed by atoms with E-state index in [9.17, 15) is 13.2 Å². The molecule has 2 aromatic carbocycles. The van der Waals surface area contributed by atoms with Crippen molar-refractivity contribution in [2.75, 3.05) is 24.2 Å². The summed E-state index contributed by atoms with van der Waals surface area (Å²) in [5.74, 6) is 0.187. The number of sulfonamides is 1. The number of carbonyl (C=O) groups excluding carboxylic acids is 1. The number of hydrogen-bond donors (Lipinski definition) is 1. The molecule has 0 saturated carbocycles. The summed E-state index contributed by atoms with van der Waals surface area (Å²) >= 11 is 0. The van der Waals surface area contributed by atoms with Gasteiger partial charge in [0.1, 0.15) is 12.3 Å². The minimum Gasteiger partial charge on any atom is -0.497 e. The fourth-order valence-corrected chi connectivity index (χ4v) is 3.24. The fourth-order valence-electron chi connectivity index (χ4n) is 2.39. The number of aryl methyl sites for hydroxylation is 1. The van der Waals surface area contributed by atoms with Gasteiger partial charge < -0.3 is 4.74 Å². The standard InChI is InChI=1S/C19H23N3O4S/c1-14-6-5-7-17(12-14)22(27(4,24)25)13-19(23)21-20-15(2)16-8-10-18(26-3)11-9-16/h5-12H,13H2,1-4H3,(H,21,23)/b20-15-. The van der Waals surface area contributed by atoms with Crippen molar-refractivity contribution >= 4 is 27.3 Å². The molecule has 2 rings (SSSR count). The first-order chi connectivity index (χ1) is 12.7. The van der Waals surface area contributed by atoms with Gasteiger partial charge in [0.2, 0.25) is 10.0 Å². The van der Waals surface area contributed by atoms with E-state index in [1.165, 1.54) is 0 Å². The molecule has 0 aliphatic rings. The first kappa shape index (κ1) is 20.4. The van der Waals surface area contributed by atoms with Crippen LogP contribution in [0.5, 0.6) is 5.75 Å². The van der Waals surface area contributed by atoms with E-state index in [-0.39, 0.29) is 6.54 Å². The number of carbonyl (C=O) groups is 1. The Bertz CT molecular complexity index is 938. The molecule has 0 spiro atoms. The lowest BCUT2D eigenvalue weighted by molar-refractivity contribution is -0.119. The lowest BCUT2D eigenvalue weighted by Gasteiger charge is -2.21. The zero-order valence-corrected chi connectivity index (χ0v) is 16.6. The van der Waals surface area contributed by atoms with Crippen molar-refractivity contribution in [1.82, 2.24) is 5.43 Å². The third kappa shape index (κ3) is 5.82. The molecule has 0 bridgehead atoms. The Balaban J connectivity index is 2.11. The van der Waals surface area contributed by atoms with E-state index in [0.29, 0.717) is 11.4 Å². The summed E-state index contributed by atoms with van der Waals surface area (Å²) in [4.78, 5) is 12.3. The van der Waals surface area contributed by atoms with E-state index < -0.39 is 15.9 Å². The first-order valence-corrected chi connectivity index (χ1v) is 10.1. The molecule has 0 heterocycles. The number of nitrogens with zero attached hydrogens (tertiary/aromatic N) is 2. The minimum atomic E-state index is -3.62. The number of hydrazone groups is 1. The molecule has 0 fully saturated rings. The van der Waals surface area contributed by atoms with Crippen LogP contribution in [0.15, 0.2) is 53.6 Å². The average molecular weight is 389 g/mol. The predicted octanol–water partition coefficient (Wildman–Crippen LogP) is 2.31. The van der Waals surface area contributed by atoms with Gasteiger partial charge in [0.05, 0.1) is 24.8 Å². The number of benzene rings is 2. The zero-order valence-electron chi connectivity index (χ0n) is 15.8. The van der Waals surface area contributed by atoms with Crippen LogP contribution >= 0.6 is 0 Å². The molecule has 7 nitrogen and oxygen atoms in total. The topological polar surface area (TPSA) is 88.1 Å². The molecular formula is C19H23N3O4S. The second-order valence-electron chi connectivity index (χ2n) is 6.07. The van der Waals surface area contributed by atoms with Crippen LogP contribution in [0.3, 0.4) is 0 Å². The van der Waals surface area contributed by atoms with Crippen molar-refractivity contribution in [3.63, 3.8) is 0 Å². The molecule has 0 radical (unpaired) electrons. The molecule has 0 aromatic heterocycles. The lowest BCUT2D eigenvalue weighted by atomic mass is 10.1. The van der Waals surface area contributed by atoms with Gasteiger partial charge in [-0.1, -0.05) is 12.1 Å². The number of rotatable bonds is 7. The summed E-state index contributed by atoms with van der Waals surface area (Å²) in [5, 5.41) is 4.05. The maximum Gasteiger partial charge on any atom is 0.260 e. The highest BCUT2D eigenvalue weighted by Crippen LogP contribution is 2.18. The molecule has 0 aliphatic carbocycles. The van der Waals surface area contributed by atoms with Crippen LogP contribution in [0.1, 0.15) is 18.1 Å². The van der Waals surface area contributed by atoms with Crippen LogP contribution in [0.2, 0.25) is 0 Å². The normalized spacial score (nSPS) is 11.8. The van der Waals surface area contributed by atoms with Gasteiger partial charge in [0.15, 0.2) is 0 Å². The maximum absolute atomic E-state index is 12.3. The molecule has 2 aromatic rings. The highest BCUT2D eigenvalue weighted by molar-refractivity contribution is 7.92. The second-order valence-corrected chi connectivity index (χ2v) is 7.98. The van der Waals surface area contributed by atoms with Crippen molar-refractivity contribution in [2.24, 2.45) is 5.10 Å². The largest absolute Gasteiger partial charge is 0.497 e. The van der Waals surface area contributed by atoms with E-state index in [2.05, 4.69) is 10.5 Å². The van der Waals surface area contributed by atoms with Gasteiger partial charge in [-0.3, -0.25) is 9.10 Å². The number of methoxy groups -OCH3 is 1. The Hall–Kier alpha value is -2.87. The molecule has 27 heavy (non-hydrogen) atoms. The van der Waals surface area contributed by atoms with Crippen LogP contribution in [-0.4, -0.2) is 39.9 Å². The number of nitrogens with one attached hydrogen (secondary N) is 1. The number of amides is 1. The van der Waals surface area contributed by atoms with Crippen molar-refractivity contribution in [2.45, 2.75) is 13.8 Å². The highest BCUT2D eigenvalue weighted by Gasteiger charge is 2.20. The van der Waals surface area contributed by atoms with E-state index in [1.54, 1.807) is 44.4 Å². The summed E-state index contributed by atoms with van der Waals surface area (Å²) in [7, 11) is -2.04. The van der Waals surface area contributed by atoms with E-state index in [0.717, 1.165) is 27.4 Å². The Morgan fingerprint density at radius 2 is 1.85 bits per heavy atom. The molecule has 0 aliphatic heterocycles. The Labute approximate surface area is 159 Å². The Morgan fingerprint density at radius 1 is 1.19 bits per heavy atom. The monoisotopic (exact) mass is 389 g/mol. The van der Waals surface area contributed by atoms with Gasteiger partial charge in [0.25, 0.3) is 5.91 Å². The van der Waals surface area contributed by atoms with Gasteiger partial charge in [-0.2, -0.15) is 5.10 Å². The quantitative estimate of drug-likeness (QED) is 0.581. The van der Waals surface area contributed by atoms with Crippen LogP contribution in [-0.2, 0) is 14.8 Å². The zero-order chi connectivity index (χ0) is 20.0. The van der Waals surface area contributed by atoms with Gasteiger partial charge in [0, 0.05) is 0 Å². The molecule has 144 valence electrons. The molecule has 0 saturated heterocycles. The van der Waals surface area contributed by atoms with Crippen molar-refractivity contribution in [3.8, 4) is 5.75 Å². The number of hydrogen-bond acceptors (Lipinski definition) is 5. The summed E-state index contributed by atoms with van der Waals surface area (Å²) in [6.07, 6.45) is 1.06. The van der Waals surface area contributed by atoms with E-state index in [4.69, 9.17) is 4.74 Å². The van der Waals surface area contributed by atoms with Crippen LogP contribution in [0, 0.1) is 6.92 Å². The predicted molar refractivity (Wildman–Crippen MR) is 107 cm³/mol. The Kier molecular flexibility index (Phi) is 6.57. The van der Waals surface area contributed by atoms with Crippen LogP contribution in [0.25, 0.3) is 0 Å². The van der Waals surface area contributed by atoms with E-state index in [1.807, 2.05) is 25.1 Å². The molecule has 0 atom stereocenters. The molecule has 0 unspecified atom stereocenters. The summed E-state index contributed by atoms with van der Waals surface area (Å²) in [5.41, 5.74) is 5.14. The van der Waals surface area contributed by atoms with Crippen molar-refractivity contribution < 1.29 is 17.9 Å². The lowest BCUT2D eigenvalue weighted by Crippen LogP contribution is -2.39. The summed E-state index contributed by atoms with van der Waals surface area (Å²) in [6, 6.07) is 14.2. The Morgan fingerprint density at radius 3 is 2.41 bits per heavy atom. The first-order valence-electron chi connectivity index (χ1n) is 8.22. The maximum atomic E-state index is 12.3. The average Bonchev–Trinajstić information content (AvgIpc) is 2.63. The van der Waals surface area contributed by atoms with Crippen molar-refractivity contribution in [1.29, 1.82) is 0 Å². The van der Waals surface area contributed by atoms with Crippen LogP contribution < -0.4 is 14.5 Å². The number of ether oxygens (including phenoxy) is 1. The van der Waals surface area contributed by atoms with E-state index >= 15 is 0 Å². The SMILES string of the molecule is COc1ccc(/C(C)=N\NC(=O)CN(c2cccc(C)c2)S(C)(=O)=O)cc1. The van der Waals surface area contributed by atoms with Gasteiger partial charge in [-0.05, 0) is 61.4 Å². The number of anilines is 1. The van der Waals surface area contributed by atoms with Crippen LogP contribution in [0.4, 0.5) is 5.69 Å². The molecular weight excluding hydrogens is 366 g/mol. The van der Waals surface area contributed by atoms with Gasteiger partial charge in [-0.25, -0.2) is 13.8 Å². The third-order valence-corrected chi connectivity index (χ3v) is 4.97. The van der Waals surface area contributed by atoms with Gasteiger partial charge >= 0.3 is 0 Å². The second kappa shape index (κ2) is 8.68.